The number of ether oxygens (including phenoxy) is 1. The fraction of sp³-hybridized carbons (Fsp3) is 0.200. The van der Waals surface area contributed by atoms with E-state index in [-0.39, 0.29) is 10.1 Å². The van der Waals surface area contributed by atoms with Gasteiger partial charge in [0.25, 0.3) is 10.0 Å². The number of aryl methyl sites for hydroxylation is 1. The molecule has 0 fully saturated rings. The summed E-state index contributed by atoms with van der Waals surface area (Å²) in [5, 5.41) is 6.91. The average Bonchev–Trinajstić information content (AvgIpc) is 3.34. The number of aromatic nitrogens is 1. The highest BCUT2D eigenvalue weighted by Crippen LogP contribution is 2.30. The Balaban J connectivity index is 1.77. The molecule has 1 amide bonds. The third kappa shape index (κ3) is 5.46. The van der Waals surface area contributed by atoms with Gasteiger partial charge < -0.3 is 14.6 Å². The molecule has 0 aliphatic rings. The SMILES string of the molecule is CCC(=O)Nc1c(C)noc1C=Cc1ccc(S(=O)(=O)Nc2ccc(OC)c(Cl)c2)s1. The molecule has 0 unspecified atom stereocenters. The number of sulfonamides is 1. The van der Waals surface area contributed by atoms with Crippen LogP contribution in [0.15, 0.2) is 39.1 Å². The van der Waals surface area contributed by atoms with Crippen LogP contribution in [-0.2, 0) is 14.8 Å². The molecule has 0 saturated carbocycles. The average molecular weight is 482 g/mol. The number of methoxy groups -OCH3 is 1. The monoisotopic (exact) mass is 481 g/mol. The molecule has 0 radical (unpaired) electrons. The molecule has 31 heavy (non-hydrogen) atoms. The Hall–Kier alpha value is -2.82. The Morgan fingerprint density at radius 3 is 2.74 bits per heavy atom. The van der Waals surface area contributed by atoms with Gasteiger partial charge in [-0.25, -0.2) is 8.42 Å². The van der Waals surface area contributed by atoms with Gasteiger partial charge in [0.2, 0.25) is 5.91 Å². The first-order chi connectivity index (χ1) is 14.7. The Labute approximate surface area is 188 Å². The summed E-state index contributed by atoms with van der Waals surface area (Å²) in [7, 11) is -2.31. The van der Waals surface area contributed by atoms with Crippen LogP contribution >= 0.6 is 22.9 Å². The van der Waals surface area contributed by atoms with E-state index < -0.39 is 10.0 Å². The molecule has 0 atom stereocenters. The lowest BCUT2D eigenvalue weighted by Gasteiger charge is -2.08. The number of benzene rings is 1. The zero-order chi connectivity index (χ0) is 22.6. The molecule has 2 aromatic heterocycles. The van der Waals surface area contributed by atoms with Crippen molar-refractivity contribution < 1.29 is 22.5 Å². The number of thiophene rings is 1. The van der Waals surface area contributed by atoms with Crippen molar-refractivity contribution in [3.8, 4) is 5.75 Å². The summed E-state index contributed by atoms with van der Waals surface area (Å²) in [6.45, 7) is 3.47. The molecule has 0 aliphatic carbocycles. The van der Waals surface area contributed by atoms with E-state index in [9.17, 15) is 13.2 Å². The van der Waals surface area contributed by atoms with Gasteiger partial charge in [-0.2, -0.15) is 0 Å². The van der Waals surface area contributed by atoms with Gasteiger partial charge in [-0.05, 0) is 49.4 Å². The lowest BCUT2D eigenvalue weighted by atomic mass is 10.2. The first-order valence-corrected chi connectivity index (χ1v) is 11.8. The summed E-state index contributed by atoms with van der Waals surface area (Å²) >= 11 is 7.13. The van der Waals surface area contributed by atoms with Crippen molar-refractivity contribution in [2.24, 2.45) is 0 Å². The number of hydrogen-bond acceptors (Lipinski definition) is 7. The van der Waals surface area contributed by atoms with Crippen LogP contribution in [0.3, 0.4) is 0 Å². The molecular formula is C20H20ClN3O5S2. The van der Waals surface area contributed by atoms with Crippen molar-refractivity contribution >= 4 is 62.4 Å². The van der Waals surface area contributed by atoms with Gasteiger partial charge in [-0.15, -0.1) is 11.3 Å². The van der Waals surface area contributed by atoms with Crippen LogP contribution in [0, 0.1) is 6.92 Å². The quantitative estimate of drug-likeness (QED) is 0.467. The number of anilines is 2. The zero-order valence-corrected chi connectivity index (χ0v) is 19.3. The molecule has 2 heterocycles. The fourth-order valence-corrected chi connectivity index (χ4v) is 5.08. The van der Waals surface area contributed by atoms with Crippen LogP contribution in [0.25, 0.3) is 12.2 Å². The summed E-state index contributed by atoms with van der Waals surface area (Å²) in [6, 6.07) is 7.80. The first kappa shape index (κ1) is 22.9. The molecular weight excluding hydrogens is 462 g/mol. The molecule has 2 N–H and O–H groups in total. The van der Waals surface area contributed by atoms with Crippen LogP contribution < -0.4 is 14.8 Å². The molecule has 1 aromatic carbocycles. The lowest BCUT2D eigenvalue weighted by molar-refractivity contribution is -0.115. The summed E-state index contributed by atoms with van der Waals surface area (Å²) in [5.41, 5.74) is 1.37. The molecule has 0 spiro atoms. The smallest absolute Gasteiger partial charge is 0.271 e. The first-order valence-electron chi connectivity index (χ1n) is 9.14. The van der Waals surface area contributed by atoms with E-state index in [4.69, 9.17) is 20.9 Å². The van der Waals surface area contributed by atoms with Crippen molar-refractivity contribution in [3.05, 3.63) is 51.7 Å². The second-order valence-electron chi connectivity index (χ2n) is 6.35. The van der Waals surface area contributed by atoms with Gasteiger partial charge in [-0.1, -0.05) is 23.7 Å². The minimum absolute atomic E-state index is 0.132. The van der Waals surface area contributed by atoms with Crippen molar-refractivity contribution in [2.45, 2.75) is 24.5 Å². The fourth-order valence-electron chi connectivity index (χ4n) is 2.54. The lowest BCUT2D eigenvalue weighted by Crippen LogP contribution is -2.11. The van der Waals surface area contributed by atoms with Crippen LogP contribution in [0.1, 0.15) is 29.7 Å². The Morgan fingerprint density at radius 1 is 1.29 bits per heavy atom. The summed E-state index contributed by atoms with van der Waals surface area (Å²) in [6.07, 6.45) is 3.64. The number of carbonyl (C=O) groups excluding carboxylic acids is 1. The third-order valence-electron chi connectivity index (χ3n) is 4.14. The van der Waals surface area contributed by atoms with E-state index >= 15 is 0 Å². The topological polar surface area (TPSA) is 111 Å². The highest BCUT2D eigenvalue weighted by molar-refractivity contribution is 7.94. The predicted molar refractivity (Wildman–Crippen MR) is 122 cm³/mol. The number of rotatable bonds is 8. The number of hydrogen-bond donors (Lipinski definition) is 2. The van der Waals surface area contributed by atoms with Gasteiger partial charge in [0.1, 0.15) is 21.3 Å². The minimum atomic E-state index is -3.79. The Morgan fingerprint density at radius 2 is 2.06 bits per heavy atom. The van der Waals surface area contributed by atoms with Crippen LogP contribution in [-0.4, -0.2) is 26.6 Å². The highest BCUT2D eigenvalue weighted by atomic mass is 35.5. The summed E-state index contributed by atoms with van der Waals surface area (Å²) < 4.78 is 38.3. The molecule has 3 rings (SSSR count). The van der Waals surface area contributed by atoms with Crippen molar-refractivity contribution in [1.82, 2.24) is 5.16 Å². The van der Waals surface area contributed by atoms with E-state index in [2.05, 4.69) is 15.2 Å². The standard InChI is InChI=1S/C20H20ClN3O5S2/c1-4-18(25)22-20-12(2)23-29-17(20)9-6-14-7-10-19(30-14)31(26,27)24-13-5-8-16(28-3)15(21)11-13/h5-11,24H,4H2,1-3H3,(H,22,25). The normalized spacial score (nSPS) is 11.6. The second kappa shape index (κ2) is 9.54. The predicted octanol–water partition coefficient (Wildman–Crippen LogP) is 5.03. The maximum atomic E-state index is 12.7. The molecule has 0 bridgehead atoms. The van der Waals surface area contributed by atoms with E-state index in [1.165, 1.54) is 19.2 Å². The van der Waals surface area contributed by atoms with Crippen molar-refractivity contribution in [3.63, 3.8) is 0 Å². The molecule has 0 aliphatic heterocycles. The van der Waals surface area contributed by atoms with E-state index in [0.29, 0.717) is 44.9 Å². The van der Waals surface area contributed by atoms with Crippen LogP contribution in [0.2, 0.25) is 5.02 Å². The number of amides is 1. The number of halogens is 1. The number of nitrogens with one attached hydrogen (secondary N) is 2. The van der Waals surface area contributed by atoms with Crippen molar-refractivity contribution in [1.29, 1.82) is 0 Å². The van der Waals surface area contributed by atoms with Gasteiger partial charge in [0, 0.05) is 11.3 Å². The van der Waals surface area contributed by atoms with Gasteiger partial charge in [0.15, 0.2) is 5.76 Å². The van der Waals surface area contributed by atoms with E-state index in [1.807, 2.05) is 0 Å². The van der Waals surface area contributed by atoms with E-state index in [1.54, 1.807) is 44.2 Å². The largest absolute Gasteiger partial charge is 0.495 e. The molecule has 8 nitrogen and oxygen atoms in total. The molecule has 0 saturated heterocycles. The third-order valence-corrected chi connectivity index (χ3v) is 7.36. The maximum Gasteiger partial charge on any atom is 0.271 e. The van der Waals surface area contributed by atoms with Crippen molar-refractivity contribution in [2.75, 3.05) is 17.1 Å². The van der Waals surface area contributed by atoms with E-state index in [0.717, 1.165) is 11.3 Å². The maximum absolute atomic E-state index is 12.7. The second-order valence-corrected chi connectivity index (χ2v) is 9.79. The molecule has 164 valence electrons. The van der Waals surface area contributed by atoms with Gasteiger partial charge in [0.05, 0.1) is 17.8 Å². The zero-order valence-electron chi connectivity index (χ0n) is 16.9. The van der Waals surface area contributed by atoms with Crippen LogP contribution in [0.4, 0.5) is 11.4 Å². The van der Waals surface area contributed by atoms with Gasteiger partial charge >= 0.3 is 0 Å². The molecule has 11 heteroatoms. The highest BCUT2D eigenvalue weighted by Gasteiger charge is 2.18. The number of carbonyl (C=O) groups is 1. The number of nitrogens with zero attached hydrogens (tertiary/aromatic N) is 1. The minimum Gasteiger partial charge on any atom is -0.495 e. The summed E-state index contributed by atoms with van der Waals surface area (Å²) in [4.78, 5) is 12.4. The summed E-state index contributed by atoms with van der Waals surface area (Å²) in [5.74, 6) is 0.670. The van der Waals surface area contributed by atoms with Gasteiger partial charge in [-0.3, -0.25) is 9.52 Å². The van der Waals surface area contributed by atoms with Crippen LogP contribution in [0.5, 0.6) is 5.75 Å². The Kier molecular flexibility index (Phi) is 7.04. The molecule has 3 aromatic rings. The Bertz CT molecular complexity index is 1230.